The summed E-state index contributed by atoms with van der Waals surface area (Å²) in [6.07, 6.45) is 1.25. The van der Waals surface area contributed by atoms with E-state index >= 15 is 0 Å². The van der Waals surface area contributed by atoms with Gasteiger partial charge in [0.1, 0.15) is 17.4 Å². The van der Waals surface area contributed by atoms with Gasteiger partial charge in [0.15, 0.2) is 5.16 Å². The van der Waals surface area contributed by atoms with Crippen molar-refractivity contribution in [2.75, 3.05) is 29.1 Å². The molecule has 0 bridgehead atoms. The zero-order valence-corrected chi connectivity index (χ0v) is 13.2. The maximum Gasteiger partial charge on any atom is 0.224 e. The van der Waals surface area contributed by atoms with Crippen molar-refractivity contribution in [3.8, 4) is 5.75 Å². The average Bonchev–Trinajstić information content (AvgIpc) is 2.50. The number of rotatable bonds is 5. The van der Waals surface area contributed by atoms with Crippen LogP contribution < -0.4 is 21.5 Å². The third kappa shape index (κ3) is 4.04. The van der Waals surface area contributed by atoms with Crippen molar-refractivity contribution in [3.05, 3.63) is 29.8 Å². The Labute approximate surface area is 137 Å². The smallest absolute Gasteiger partial charge is 0.224 e. The molecule has 1 aromatic carbocycles. The average molecular weight is 331 g/mol. The van der Waals surface area contributed by atoms with E-state index in [9.17, 15) is 4.79 Å². The normalized spacial score (nSPS) is 13.3. The number of aromatic nitrogens is 2. The van der Waals surface area contributed by atoms with Gasteiger partial charge in [-0.25, -0.2) is 9.97 Å². The molecule has 1 aliphatic rings. The van der Waals surface area contributed by atoms with Gasteiger partial charge in [-0.3, -0.25) is 4.79 Å². The van der Waals surface area contributed by atoms with Crippen molar-refractivity contribution in [2.24, 2.45) is 0 Å². The number of thioether (sulfide) groups is 1. The number of amides is 1. The second-order valence-corrected chi connectivity index (χ2v) is 6.13. The van der Waals surface area contributed by atoms with E-state index in [4.69, 9.17) is 16.2 Å². The summed E-state index contributed by atoms with van der Waals surface area (Å²) in [6, 6.07) is 7.21. The third-order valence-corrected chi connectivity index (χ3v) is 4.11. The predicted octanol–water partition coefficient (Wildman–Crippen LogP) is 1.70. The molecule has 0 fully saturated rings. The monoisotopic (exact) mass is 331 g/mol. The van der Waals surface area contributed by atoms with E-state index in [1.54, 1.807) is 0 Å². The van der Waals surface area contributed by atoms with Gasteiger partial charge in [-0.1, -0.05) is 11.8 Å². The highest BCUT2D eigenvalue weighted by atomic mass is 32.2. The number of nitrogens with two attached hydrogens (primary N) is 2. The van der Waals surface area contributed by atoms with E-state index in [1.165, 1.54) is 17.8 Å². The molecule has 1 aromatic heterocycles. The Morgan fingerprint density at radius 2 is 1.96 bits per heavy atom. The van der Waals surface area contributed by atoms with Crippen LogP contribution in [0.3, 0.4) is 0 Å². The molecule has 3 rings (SSSR count). The van der Waals surface area contributed by atoms with Crippen LogP contribution in [-0.2, 0) is 11.2 Å². The minimum atomic E-state index is 0.0592. The molecule has 0 saturated heterocycles. The first-order valence-corrected chi connectivity index (χ1v) is 8.17. The largest absolute Gasteiger partial charge is 0.493 e. The molecule has 0 unspecified atom stereocenters. The Morgan fingerprint density at radius 3 is 2.74 bits per heavy atom. The first-order chi connectivity index (χ1) is 11.1. The molecule has 2 heterocycles. The van der Waals surface area contributed by atoms with Gasteiger partial charge in [-0.15, -0.1) is 0 Å². The number of hydrogen-bond acceptors (Lipinski definition) is 7. The van der Waals surface area contributed by atoms with Gasteiger partial charge < -0.3 is 21.5 Å². The lowest BCUT2D eigenvalue weighted by molar-refractivity contribution is -0.116. The number of nitrogens with one attached hydrogen (secondary N) is 1. The molecule has 0 spiro atoms. The van der Waals surface area contributed by atoms with Gasteiger partial charge in [-0.2, -0.15) is 0 Å². The molecule has 0 atom stereocenters. The number of hydrogen-bond donors (Lipinski definition) is 3. The lowest BCUT2D eigenvalue weighted by Gasteiger charge is -2.17. The van der Waals surface area contributed by atoms with Crippen LogP contribution in [0.5, 0.6) is 5.75 Å². The molecule has 2 aromatic rings. The molecule has 0 aliphatic carbocycles. The molecule has 0 saturated carbocycles. The van der Waals surface area contributed by atoms with Crippen LogP contribution in [0.1, 0.15) is 12.0 Å². The van der Waals surface area contributed by atoms with Crippen LogP contribution in [0.25, 0.3) is 0 Å². The summed E-state index contributed by atoms with van der Waals surface area (Å²) < 4.78 is 5.73. The van der Waals surface area contributed by atoms with Crippen molar-refractivity contribution < 1.29 is 9.53 Å². The van der Waals surface area contributed by atoms with E-state index in [0.717, 1.165) is 23.4 Å². The molecular weight excluding hydrogens is 314 g/mol. The lowest BCUT2D eigenvalue weighted by Crippen LogP contribution is -2.18. The summed E-state index contributed by atoms with van der Waals surface area (Å²) >= 11 is 1.43. The van der Waals surface area contributed by atoms with Gasteiger partial charge in [0.05, 0.1) is 6.61 Å². The number of nitrogens with zero attached hydrogens (tertiary/aromatic N) is 2. The fraction of sp³-hybridized carbons (Fsp3) is 0.267. The topological polar surface area (TPSA) is 116 Å². The zero-order chi connectivity index (χ0) is 16.2. The van der Waals surface area contributed by atoms with Crippen LogP contribution in [-0.4, -0.2) is 28.2 Å². The highest BCUT2D eigenvalue weighted by Crippen LogP contribution is 2.27. The van der Waals surface area contributed by atoms with Crippen molar-refractivity contribution in [3.63, 3.8) is 0 Å². The van der Waals surface area contributed by atoms with Crippen LogP contribution in [0.15, 0.2) is 29.4 Å². The molecule has 1 amide bonds. The fourth-order valence-corrected chi connectivity index (χ4v) is 2.96. The quantitative estimate of drug-likeness (QED) is 0.434. The summed E-state index contributed by atoms with van der Waals surface area (Å²) in [5.74, 6) is 2.24. The number of carbonyl (C=O) groups is 1. The van der Waals surface area contributed by atoms with Crippen molar-refractivity contribution in [1.29, 1.82) is 0 Å². The second kappa shape index (κ2) is 6.74. The fourth-order valence-electron chi connectivity index (χ4n) is 2.27. The molecule has 120 valence electrons. The second-order valence-electron chi connectivity index (χ2n) is 5.06. The minimum Gasteiger partial charge on any atom is -0.493 e. The first-order valence-electron chi connectivity index (χ1n) is 7.18. The number of benzene rings is 1. The van der Waals surface area contributed by atoms with Crippen LogP contribution >= 0.6 is 11.8 Å². The van der Waals surface area contributed by atoms with Crippen LogP contribution in [0.2, 0.25) is 0 Å². The van der Waals surface area contributed by atoms with Crippen molar-refractivity contribution >= 4 is 35.0 Å². The number of ether oxygens (including phenoxy) is 1. The van der Waals surface area contributed by atoms with Crippen LogP contribution in [0.4, 0.5) is 17.3 Å². The SMILES string of the molecule is Nc1cc(N)nc(SCCOc2ccc3c(c2)CCC(=O)N3)n1. The Bertz CT molecular complexity index is 718. The van der Waals surface area contributed by atoms with E-state index < -0.39 is 0 Å². The van der Waals surface area contributed by atoms with Gasteiger partial charge in [0.25, 0.3) is 0 Å². The van der Waals surface area contributed by atoms with Crippen LogP contribution in [0, 0.1) is 0 Å². The number of aryl methyl sites for hydroxylation is 1. The number of carbonyl (C=O) groups excluding carboxylic acids is 1. The highest BCUT2D eigenvalue weighted by Gasteiger charge is 2.14. The van der Waals surface area contributed by atoms with Crippen molar-refractivity contribution in [2.45, 2.75) is 18.0 Å². The number of nitrogen functional groups attached to an aromatic ring is 2. The van der Waals surface area contributed by atoms with Gasteiger partial charge in [0, 0.05) is 23.9 Å². The zero-order valence-electron chi connectivity index (χ0n) is 12.4. The third-order valence-electron chi connectivity index (χ3n) is 3.30. The summed E-state index contributed by atoms with van der Waals surface area (Å²) in [7, 11) is 0. The summed E-state index contributed by atoms with van der Waals surface area (Å²) in [5.41, 5.74) is 13.2. The molecule has 8 heteroatoms. The van der Waals surface area contributed by atoms with Gasteiger partial charge >= 0.3 is 0 Å². The van der Waals surface area contributed by atoms with Crippen molar-refractivity contribution in [1.82, 2.24) is 9.97 Å². The summed E-state index contributed by atoms with van der Waals surface area (Å²) in [6.45, 7) is 0.508. The Morgan fingerprint density at radius 1 is 1.17 bits per heavy atom. The van der Waals surface area contributed by atoms with Gasteiger partial charge in [0.2, 0.25) is 5.91 Å². The van der Waals surface area contributed by atoms with E-state index in [-0.39, 0.29) is 5.91 Å². The summed E-state index contributed by atoms with van der Waals surface area (Å²) in [4.78, 5) is 19.5. The first kappa shape index (κ1) is 15.4. The molecule has 0 radical (unpaired) electrons. The van der Waals surface area contributed by atoms with E-state index in [1.807, 2.05) is 18.2 Å². The van der Waals surface area contributed by atoms with E-state index in [0.29, 0.717) is 35.6 Å². The van der Waals surface area contributed by atoms with Gasteiger partial charge in [-0.05, 0) is 30.2 Å². The highest BCUT2D eigenvalue weighted by molar-refractivity contribution is 7.99. The molecule has 1 aliphatic heterocycles. The van der Waals surface area contributed by atoms with E-state index in [2.05, 4.69) is 15.3 Å². The lowest BCUT2D eigenvalue weighted by atomic mass is 10.0. The standard InChI is InChI=1S/C15H17N5O2S/c16-12-8-13(17)20-15(19-12)23-6-5-22-10-2-3-11-9(7-10)1-4-14(21)18-11/h2-3,7-8H,1,4-6H2,(H,18,21)(H4,16,17,19,20). The number of anilines is 3. The maximum atomic E-state index is 11.3. The molecule has 23 heavy (non-hydrogen) atoms. The number of fused-ring (bicyclic) bond motifs is 1. The Balaban J connectivity index is 1.52. The maximum absolute atomic E-state index is 11.3. The Hall–Kier alpha value is -2.48. The Kier molecular flexibility index (Phi) is 4.52. The molecule has 7 nitrogen and oxygen atoms in total. The molecular formula is C15H17N5O2S. The summed E-state index contributed by atoms with van der Waals surface area (Å²) in [5, 5.41) is 3.39. The predicted molar refractivity (Wildman–Crippen MR) is 90.5 cm³/mol. The minimum absolute atomic E-state index is 0.0592. The molecule has 5 N–H and O–H groups in total.